The molecule has 138 valence electrons. The molecule has 0 radical (unpaired) electrons. The van der Waals surface area contributed by atoms with Gasteiger partial charge in [-0.3, -0.25) is 0 Å². The number of alkyl halides is 3. The van der Waals surface area contributed by atoms with E-state index in [-0.39, 0.29) is 5.78 Å². The molecule has 26 heavy (non-hydrogen) atoms. The third-order valence-electron chi connectivity index (χ3n) is 3.80. The summed E-state index contributed by atoms with van der Waals surface area (Å²) in [4.78, 5) is 13.9. The number of rotatable bonds is 5. The van der Waals surface area contributed by atoms with E-state index in [1.54, 1.807) is 19.2 Å². The first kappa shape index (κ1) is 17.9. The Morgan fingerprint density at radius 3 is 2.46 bits per heavy atom. The van der Waals surface area contributed by atoms with Crippen LogP contribution in [0.15, 0.2) is 24.4 Å². The van der Waals surface area contributed by atoms with Crippen LogP contribution in [0, 0.1) is 6.92 Å². The van der Waals surface area contributed by atoms with E-state index >= 15 is 0 Å². The van der Waals surface area contributed by atoms with Crippen LogP contribution < -0.4 is 10.2 Å². The standard InChI is InChI=1S/C16H18F3N7/c1-4-25(5-2)12-7-6-11(9-20-12)22-13-8-10(3)21-15-23-14(16(17,18)19)24-26(13)15/h6-9,22H,4-5H2,1-3H3. The van der Waals surface area contributed by atoms with Crippen molar-refractivity contribution in [3.8, 4) is 0 Å². The maximum atomic E-state index is 12.9. The first-order valence-electron chi connectivity index (χ1n) is 8.11. The van der Waals surface area contributed by atoms with Gasteiger partial charge in [-0.25, -0.2) is 9.97 Å². The van der Waals surface area contributed by atoms with Crippen molar-refractivity contribution in [2.24, 2.45) is 0 Å². The molecule has 1 N–H and O–H groups in total. The predicted octanol–water partition coefficient (Wildman–Crippen LogP) is 3.44. The molecular weight excluding hydrogens is 347 g/mol. The molecular formula is C16H18F3N7. The van der Waals surface area contributed by atoms with E-state index in [0.717, 1.165) is 23.4 Å². The lowest BCUT2D eigenvalue weighted by atomic mass is 10.3. The van der Waals surface area contributed by atoms with Crippen LogP contribution in [0.2, 0.25) is 0 Å². The Kier molecular flexibility index (Phi) is 4.66. The van der Waals surface area contributed by atoms with Gasteiger partial charge in [0.05, 0.1) is 11.9 Å². The number of nitrogens with zero attached hydrogens (tertiary/aromatic N) is 6. The molecule has 0 amide bonds. The highest BCUT2D eigenvalue weighted by Gasteiger charge is 2.36. The molecule has 0 fully saturated rings. The fourth-order valence-electron chi connectivity index (χ4n) is 2.54. The van der Waals surface area contributed by atoms with Gasteiger partial charge in [0, 0.05) is 24.8 Å². The van der Waals surface area contributed by atoms with E-state index in [4.69, 9.17) is 0 Å². The molecule has 3 heterocycles. The van der Waals surface area contributed by atoms with E-state index in [9.17, 15) is 13.2 Å². The van der Waals surface area contributed by atoms with Crippen molar-refractivity contribution in [1.82, 2.24) is 24.6 Å². The van der Waals surface area contributed by atoms with Gasteiger partial charge in [-0.05, 0) is 32.9 Å². The molecule has 7 nitrogen and oxygen atoms in total. The Morgan fingerprint density at radius 1 is 1.15 bits per heavy atom. The second-order valence-electron chi connectivity index (χ2n) is 5.63. The summed E-state index contributed by atoms with van der Waals surface area (Å²) in [5.41, 5.74) is 1.14. The number of halogens is 3. The van der Waals surface area contributed by atoms with Gasteiger partial charge in [-0.2, -0.15) is 22.7 Å². The molecule has 0 saturated carbocycles. The zero-order valence-electron chi connectivity index (χ0n) is 14.5. The predicted molar refractivity (Wildman–Crippen MR) is 91.6 cm³/mol. The van der Waals surface area contributed by atoms with Crippen LogP contribution in [0.5, 0.6) is 0 Å². The second kappa shape index (κ2) is 6.77. The van der Waals surface area contributed by atoms with Crippen LogP contribution in [0.4, 0.5) is 30.5 Å². The quantitative estimate of drug-likeness (QED) is 0.747. The van der Waals surface area contributed by atoms with Gasteiger partial charge in [-0.15, -0.1) is 5.10 Å². The van der Waals surface area contributed by atoms with E-state index in [1.807, 2.05) is 26.0 Å². The van der Waals surface area contributed by atoms with Gasteiger partial charge < -0.3 is 10.2 Å². The molecule has 0 unspecified atom stereocenters. The third kappa shape index (κ3) is 3.53. The number of fused-ring (bicyclic) bond motifs is 1. The minimum atomic E-state index is -4.63. The zero-order chi connectivity index (χ0) is 18.9. The van der Waals surface area contributed by atoms with Crippen LogP contribution in [0.25, 0.3) is 5.78 Å². The second-order valence-corrected chi connectivity index (χ2v) is 5.63. The van der Waals surface area contributed by atoms with Crippen molar-refractivity contribution < 1.29 is 13.2 Å². The van der Waals surface area contributed by atoms with E-state index < -0.39 is 12.0 Å². The highest BCUT2D eigenvalue weighted by molar-refractivity contribution is 5.59. The number of aromatic nitrogens is 5. The Balaban J connectivity index is 1.94. The number of nitrogens with one attached hydrogen (secondary N) is 1. The van der Waals surface area contributed by atoms with Crippen LogP contribution in [0.3, 0.4) is 0 Å². The number of anilines is 3. The lowest BCUT2D eigenvalue weighted by Gasteiger charge is -2.19. The summed E-state index contributed by atoms with van der Waals surface area (Å²) in [6.07, 6.45) is -3.01. The Bertz CT molecular complexity index is 899. The van der Waals surface area contributed by atoms with Gasteiger partial charge in [0.15, 0.2) is 0 Å². The molecule has 0 aliphatic rings. The van der Waals surface area contributed by atoms with Gasteiger partial charge >= 0.3 is 6.18 Å². The van der Waals surface area contributed by atoms with Gasteiger partial charge in [0.2, 0.25) is 0 Å². The minimum absolute atomic E-state index is 0.118. The van der Waals surface area contributed by atoms with Crippen LogP contribution in [0.1, 0.15) is 25.4 Å². The largest absolute Gasteiger partial charge is 0.453 e. The fraction of sp³-hybridized carbons (Fsp3) is 0.375. The topological polar surface area (TPSA) is 71.2 Å². The smallest absolute Gasteiger partial charge is 0.357 e. The summed E-state index contributed by atoms with van der Waals surface area (Å²) in [5, 5.41) is 6.55. The average Bonchev–Trinajstić information content (AvgIpc) is 3.02. The highest BCUT2D eigenvalue weighted by atomic mass is 19.4. The number of pyridine rings is 1. The van der Waals surface area contributed by atoms with E-state index in [1.165, 1.54) is 0 Å². The molecule has 0 atom stereocenters. The summed E-state index contributed by atoms with van der Waals surface area (Å²) in [7, 11) is 0. The SMILES string of the molecule is CCN(CC)c1ccc(Nc2cc(C)nc3nc(C(F)(F)F)nn23)cn1. The highest BCUT2D eigenvalue weighted by Crippen LogP contribution is 2.27. The van der Waals surface area contributed by atoms with Crippen molar-refractivity contribution in [1.29, 1.82) is 0 Å². The third-order valence-corrected chi connectivity index (χ3v) is 3.80. The van der Waals surface area contributed by atoms with Crippen molar-refractivity contribution in [3.63, 3.8) is 0 Å². The monoisotopic (exact) mass is 365 g/mol. The Morgan fingerprint density at radius 2 is 1.88 bits per heavy atom. The Labute approximate surface area is 147 Å². The van der Waals surface area contributed by atoms with Crippen molar-refractivity contribution >= 4 is 23.1 Å². The normalized spacial score (nSPS) is 11.8. The van der Waals surface area contributed by atoms with Crippen LogP contribution in [-0.2, 0) is 6.18 Å². The molecule has 0 aliphatic carbocycles. The van der Waals surface area contributed by atoms with E-state index in [2.05, 4.69) is 30.3 Å². The molecule has 0 spiro atoms. The summed E-state index contributed by atoms with van der Waals surface area (Å²) in [5.74, 6) is -0.189. The van der Waals surface area contributed by atoms with Crippen LogP contribution in [-0.4, -0.2) is 37.7 Å². The molecule has 0 aliphatic heterocycles. The molecule has 0 bridgehead atoms. The summed E-state index contributed by atoms with van der Waals surface area (Å²) < 4.78 is 39.6. The maximum Gasteiger partial charge on any atom is 0.453 e. The van der Waals surface area contributed by atoms with Crippen molar-refractivity contribution in [3.05, 3.63) is 35.9 Å². The summed E-state index contributed by atoms with van der Waals surface area (Å²) in [6, 6.07) is 5.26. The molecule has 3 aromatic heterocycles. The maximum absolute atomic E-state index is 12.9. The first-order chi connectivity index (χ1) is 12.3. The first-order valence-corrected chi connectivity index (χ1v) is 8.11. The summed E-state index contributed by atoms with van der Waals surface area (Å²) in [6.45, 7) is 7.42. The van der Waals surface area contributed by atoms with E-state index in [0.29, 0.717) is 17.2 Å². The minimum Gasteiger partial charge on any atom is -0.357 e. The van der Waals surface area contributed by atoms with Crippen molar-refractivity contribution in [2.75, 3.05) is 23.3 Å². The fourth-order valence-corrected chi connectivity index (χ4v) is 2.54. The van der Waals surface area contributed by atoms with Gasteiger partial charge in [0.25, 0.3) is 11.6 Å². The molecule has 0 saturated heterocycles. The lowest BCUT2D eigenvalue weighted by Crippen LogP contribution is -2.22. The van der Waals surface area contributed by atoms with Gasteiger partial charge in [-0.1, -0.05) is 0 Å². The van der Waals surface area contributed by atoms with Crippen LogP contribution >= 0.6 is 0 Å². The molecule has 0 aromatic carbocycles. The average molecular weight is 365 g/mol. The molecule has 10 heteroatoms. The number of aryl methyl sites for hydroxylation is 1. The number of hydrogen-bond donors (Lipinski definition) is 1. The Hall–Kier alpha value is -2.91. The van der Waals surface area contributed by atoms with Crippen molar-refractivity contribution in [2.45, 2.75) is 26.9 Å². The number of hydrogen-bond acceptors (Lipinski definition) is 6. The van der Waals surface area contributed by atoms with Gasteiger partial charge in [0.1, 0.15) is 11.6 Å². The summed E-state index contributed by atoms with van der Waals surface area (Å²) >= 11 is 0. The lowest BCUT2D eigenvalue weighted by molar-refractivity contribution is -0.144. The molecule has 3 aromatic rings. The molecule has 3 rings (SSSR count). The zero-order valence-corrected chi connectivity index (χ0v) is 14.5.